The maximum atomic E-state index is 10.9. The summed E-state index contributed by atoms with van der Waals surface area (Å²) < 4.78 is 32.7. The van der Waals surface area contributed by atoms with Crippen LogP contribution in [-0.4, -0.2) is 42.4 Å². The molecule has 2 fully saturated rings. The number of halogens is 2. The maximum Gasteiger partial charge on any atom is 0.184 e. The summed E-state index contributed by atoms with van der Waals surface area (Å²) in [7, 11) is 0. The van der Waals surface area contributed by atoms with Crippen molar-refractivity contribution in [1.82, 2.24) is 0 Å². The van der Waals surface area contributed by atoms with Crippen LogP contribution < -0.4 is 0 Å². The number of aliphatic hydroxyl groups excluding tert-OH is 1. The van der Waals surface area contributed by atoms with E-state index in [1.807, 2.05) is 78.9 Å². The van der Waals surface area contributed by atoms with E-state index in [-0.39, 0.29) is 6.61 Å². The van der Waals surface area contributed by atoms with Gasteiger partial charge in [-0.25, -0.2) is 0 Å². The van der Waals surface area contributed by atoms with Crippen molar-refractivity contribution >= 4 is 31.9 Å². The highest BCUT2D eigenvalue weighted by Crippen LogP contribution is 2.36. The second-order valence-corrected chi connectivity index (χ2v) is 10.4. The first-order valence-corrected chi connectivity index (χ1v) is 13.0. The highest BCUT2D eigenvalue weighted by molar-refractivity contribution is 9.10. The standard InChI is InChI=1S/C27H26Br2O6/c28-20-10-6-17(7-11-20)14-31-24-23-22(16-33-27(35-23)19-4-2-1-3-5-19)34-26(30)25(24)32-15-18-8-12-21(29)13-9-18/h1-13,22-27,30H,14-16H2/t22-,23-,24+,25+,26-,27?/m1/s1. The molecule has 0 spiro atoms. The molecule has 6 nitrogen and oxygen atoms in total. The molecule has 8 heteroatoms. The molecule has 184 valence electrons. The quantitative estimate of drug-likeness (QED) is 0.383. The monoisotopic (exact) mass is 604 g/mol. The summed E-state index contributed by atoms with van der Waals surface area (Å²) in [6.45, 7) is 0.914. The first-order chi connectivity index (χ1) is 17.1. The van der Waals surface area contributed by atoms with Crippen LogP contribution in [0.4, 0.5) is 0 Å². The highest BCUT2D eigenvalue weighted by Gasteiger charge is 2.51. The van der Waals surface area contributed by atoms with Gasteiger partial charge in [-0.1, -0.05) is 86.5 Å². The predicted octanol–water partition coefficient (Wildman–Crippen LogP) is 5.51. The number of rotatable bonds is 7. The molecule has 3 aromatic carbocycles. The first-order valence-electron chi connectivity index (χ1n) is 11.4. The van der Waals surface area contributed by atoms with E-state index in [1.165, 1.54) is 0 Å². The minimum Gasteiger partial charge on any atom is -0.368 e. The van der Waals surface area contributed by atoms with Crippen molar-refractivity contribution in [2.75, 3.05) is 6.61 Å². The number of ether oxygens (including phenoxy) is 5. The zero-order valence-electron chi connectivity index (χ0n) is 18.8. The summed E-state index contributed by atoms with van der Waals surface area (Å²) in [5, 5.41) is 10.9. The molecule has 35 heavy (non-hydrogen) atoms. The fourth-order valence-corrected chi connectivity index (χ4v) is 4.78. The maximum absolute atomic E-state index is 10.9. The average Bonchev–Trinajstić information content (AvgIpc) is 2.88. The molecule has 2 heterocycles. The Labute approximate surface area is 221 Å². The topological polar surface area (TPSA) is 66.4 Å². The fourth-order valence-electron chi connectivity index (χ4n) is 4.26. The van der Waals surface area contributed by atoms with Crippen LogP contribution in [0.3, 0.4) is 0 Å². The smallest absolute Gasteiger partial charge is 0.184 e. The van der Waals surface area contributed by atoms with Gasteiger partial charge in [0.2, 0.25) is 0 Å². The largest absolute Gasteiger partial charge is 0.368 e. The van der Waals surface area contributed by atoms with E-state index in [9.17, 15) is 5.11 Å². The number of fused-ring (bicyclic) bond motifs is 1. The summed E-state index contributed by atoms with van der Waals surface area (Å²) in [5.74, 6) is 0. The van der Waals surface area contributed by atoms with Crippen LogP contribution in [0.25, 0.3) is 0 Å². The van der Waals surface area contributed by atoms with Crippen LogP contribution in [0.2, 0.25) is 0 Å². The third-order valence-corrected chi connectivity index (χ3v) is 7.14. The molecule has 3 aromatic rings. The molecule has 0 bridgehead atoms. The molecule has 5 rings (SSSR count). The van der Waals surface area contributed by atoms with Crippen LogP contribution >= 0.6 is 31.9 Å². The Bertz CT molecular complexity index is 1080. The molecule has 1 N–H and O–H groups in total. The average molecular weight is 606 g/mol. The van der Waals surface area contributed by atoms with Gasteiger partial charge in [0.1, 0.15) is 24.4 Å². The third kappa shape index (κ3) is 6.21. The van der Waals surface area contributed by atoms with Crippen LogP contribution in [0.15, 0.2) is 87.8 Å². The van der Waals surface area contributed by atoms with E-state index < -0.39 is 37.0 Å². The molecule has 0 saturated carbocycles. The van der Waals surface area contributed by atoms with Crippen molar-refractivity contribution in [2.45, 2.75) is 50.2 Å². The van der Waals surface area contributed by atoms with Gasteiger partial charge in [-0.15, -0.1) is 0 Å². The van der Waals surface area contributed by atoms with E-state index in [4.69, 9.17) is 23.7 Å². The predicted molar refractivity (Wildman–Crippen MR) is 136 cm³/mol. The van der Waals surface area contributed by atoms with Gasteiger partial charge in [0.25, 0.3) is 0 Å². The Morgan fingerprint density at radius 2 is 1.31 bits per heavy atom. The molecule has 0 amide bonds. The molecule has 6 atom stereocenters. The van der Waals surface area contributed by atoms with Gasteiger partial charge >= 0.3 is 0 Å². The van der Waals surface area contributed by atoms with Crippen LogP contribution in [0.5, 0.6) is 0 Å². The molecule has 2 aliphatic rings. The molecule has 1 unspecified atom stereocenters. The molecule has 0 aliphatic carbocycles. The van der Waals surface area contributed by atoms with Crippen molar-refractivity contribution < 1.29 is 28.8 Å². The van der Waals surface area contributed by atoms with E-state index in [0.29, 0.717) is 13.2 Å². The lowest BCUT2D eigenvalue weighted by Gasteiger charge is -2.47. The number of hydrogen-bond acceptors (Lipinski definition) is 6. The lowest BCUT2D eigenvalue weighted by Crippen LogP contribution is -2.63. The van der Waals surface area contributed by atoms with Gasteiger partial charge < -0.3 is 28.8 Å². The SMILES string of the molecule is O[C@@H]1O[C@@H]2COC(c3ccccc3)O[C@H]2[C@H](OCc2ccc(Br)cc2)[C@@H]1OCc1ccc(Br)cc1. The molecule has 0 radical (unpaired) electrons. The van der Waals surface area contributed by atoms with E-state index >= 15 is 0 Å². The van der Waals surface area contributed by atoms with Crippen molar-refractivity contribution in [3.8, 4) is 0 Å². The Morgan fingerprint density at radius 3 is 1.91 bits per heavy atom. The third-order valence-electron chi connectivity index (χ3n) is 6.09. The van der Waals surface area contributed by atoms with Crippen LogP contribution in [-0.2, 0) is 36.9 Å². The zero-order chi connectivity index (χ0) is 24.2. The van der Waals surface area contributed by atoms with Gasteiger partial charge in [0.05, 0.1) is 19.8 Å². The highest BCUT2D eigenvalue weighted by atomic mass is 79.9. The molecule has 2 aliphatic heterocycles. The van der Waals surface area contributed by atoms with Crippen LogP contribution in [0, 0.1) is 0 Å². The Hall–Kier alpha value is -1.62. The van der Waals surface area contributed by atoms with E-state index in [0.717, 1.165) is 25.6 Å². The minimum atomic E-state index is -1.18. The number of benzene rings is 3. The van der Waals surface area contributed by atoms with Crippen molar-refractivity contribution in [2.24, 2.45) is 0 Å². The van der Waals surface area contributed by atoms with Gasteiger partial charge in [-0.3, -0.25) is 0 Å². The summed E-state index contributed by atoms with van der Waals surface area (Å²) in [6, 6.07) is 25.5. The van der Waals surface area contributed by atoms with Gasteiger partial charge in [-0.05, 0) is 35.4 Å². The Balaban J connectivity index is 1.36. The normalized spacial score (nSPS) is 28.4. The molecule has 2 saturated heterocycles. The summed E-state index contributed by atoms with van der Waals surface area (Å²) >= 11 is 6.92. The summed E-state index contributed by atoms with van der Waals surface area (Å²) in [4.78, 5) is 0. The molecular formula is C27H26Br2O6. The minimum absolute atomic E-state index is 0.277. The summed E-state index contributed by atoms with van der Waals surface area (Å²) in [6.07, 6.45) is -4.01. The second-order valence-electron chi connectivity index (χ2n) is 8.55. The summed E-state index contributed by atoms with van der Waals surface area (Å²) in [5.41, 5.74) is 2.89. The second kappa shape index (κ2) is 11.6. The fraction of sp³-hybridized carbons (Fsp3) is 0.333. The Kier molecular flexibility index (Phi) is 8.32. The van der Waals surface area contributed by atoms with Gasteiger partial charge in [0.15, 0.2) is 12.6 Å². The van der Waals surface area contributed by atoms with Crippen molar-refractivity contribution in [1.29, 1.82) is 0 Å². The lowest BCUT2D eigenvalue weighted by atomic mass is 9.97. The van der Waals surface area contributed by atoms with Crippen LogP contribution in [0.1, 0.15) is 23.0 Å². The lowest BCUT2D eigenvalue weighted by molar-refractivity contribution is -0.366. The van der Waals surface area contributed by atoms with Gasteiger partial charge in [-0.2, -0.15) is 0 Å². The van der Waals surface area contributed by atoms with Crippen molar-refractivity contribution in [3.05, 3.63) is 104 Å². The number of aliphatic hydroxyl groups is 1. The van der Waals surface area contributed by atoms with Gasteiger partial charge in [0, 0.05) is 14.5 Å². The Morgan fingerprint density at radius 1 is 0.743 bits per heavy atom. The zero-order valence-corrected chi connectivity index (χ0v) is 22.0. The van der Waals surface area contributed by atoms with Crippen molar-refractivity contribution in [3.63, 3.8) is 0 Å². The van der Waals surface area contributed by atoms with E-state index in [2.05, 4.69) is 31.9 Å². The number of hydrogen-bond donors (Lipinski definition) is 1. The first kappa shape index (κ1) is 25.0. The molecule has 0 aromatic heterocycles. The molecular weight excluding hydrogens is 580 g/mol. The van der Waals surface area contributed by atoms with E-state index in [1.54, 1.807) is 0 Å².